The highest BCUT2D eigenvalue weighted by Crippen LogP contribution is 2.40. The standard InChI is InChI=1S/C22H22N2O5/c1-14-8-16-12-24(22(26)27)18-10-20(29-13-15-6-4-3-5-7-15)19(28-2)9-17(18)21(25)23(16)11-14/h3-7,9-10,16H,1,8,11-13H2,2H3,(H,26,27)/t16-/m0/s1. The van der Waals surface area contributed by atoms with E-state index in [1.54, 1.807) is 17.0 Å². The fraction of sp³-hybridized carbons (Fsp3) is 0.273. The molecule has 2 aliphatic rings. The van der Waals surface area contributed by atoms with Gasteiger partial charge in [-0.15, -0.1) is 0 Å². The number of carbonyl (C=O) groups is 2. The second kappa shape index (κ2) is 7.50. The predicted octanol–water partition coefficient (Wildman–Crippen LogP) is 3.54. The van der Waals surface area contributed by atoms with Crippen molar-refractivity contribution in [1.29, 1.82) is 0 Å². The minimum Gasteiger partial charge on any atom is -0.493 e. The first kappa shape index (κ1) is 18.9. The van der Waals surface area contributed by atoms with Gasteiger partial charge in [-0.2, -0.15) is 0 Å². The third-order valence-corrected chi connectivity index (χ3v) is 5.28. The van der Waals surface area contributed by atoms with Crippen molar-refractivity contribution < 1.29 is 24.2 Å². The number of methoxy groups -OCH3 is 1. The Bertz CT molecular complexity index is 973. The Balaban J connectivity index is 1.74. The van der Waals surface area contributed by atoms with E-state index >= 15 is 0 Å². The van der Waals surface area contributed by atoms with Crippen molar-refractivity contribution in [3.8, 4) is 11.5 Å². The predicted molar refractivity (Wildman–Crippen MR) is 108 cm³/mol. The first-order valence-electron chi connectivity index (χ1n) is 9.34. The lowest BCUT2D eigenvalue weighted by Gasteiger charge is -2.24. The van der Waals surface area contributed by atoms with E-state index in [1.807, 2.05) is 30.3 Å². The van der Waals surface area contributed by atoms with Crippen molar-refractivity contribution in [3.63, 3.8) is 0 Å². The third kappa shape index (κ3) is 3.51. The zero-order valence-electron chi connectivity index (χ0n) is 16.1. The molecule has 7 nitrogen and oxygen atoms in total. The molecule has 1 fully saturated rings. The van der Waals surface area contributed by atoms with Gasteiger partial charge < -0.3 is 19.5 Å². The van der Waals surface area contributed by atoms with Gasteiger partial charge in [-0.1, -0.05) is 42.5 Å². The molecule has 1 N–H and O–H groups in total. The minimum absolute atomic E-state index is 0.192. The third-order valence-electron chi connectivity index (χ3n) is 5.28. The van der Waals surface area contributed by atoms with Crippen LogP contribution in [0.4, 0.5) is 10.5 Å². The molecule has 0 aromatic heterocycles. The summed E-state index contributed by atoms with van der Waals surface area (Å²) in [5, 5.41) is 9.81. The number of ether oxygens (including phenoxy) is 2. The van der Waals surface area contributed by atoms with Crippen molar-refractivity contribution >= 4 is 17.7 Å². The summed E-state index contributed by atoms with van der Waals surface area (Å²) in [4.78, 5) is 28.1. The summed E-state index contributed by atoms with van der Waals surface area (Å²) >= 11 is 0. The van der Waals surface area contributed by atoms with Gasteiger partial charge in [0.1, 0.15) is 6.61 Å². The van der Waals surface area contributed by atoms with Crippen LogP contribution in [0.3, 0.4) is 0 Å². The van der Waals surface area contributed by atoms with E-state index in [0.29, 0.717) is 36.8 Å². The van der Waals surface area contributed by atoms with Crippen molar-refractivity contribution in [3.05, 3.63) is 65.7 Å². The summed E-state index contributed by atoms with van der Waals surface area (Å²) in [6, 6.07) is 12.5. The molecule has 0 spiro atoms. The molecule has 1 atom stereocenters. The van der Waals surface area contributed by atoms with Crippen LogP contribution in [0.2, 0.25) is 0 Å². The Morgan fingerprint density at radius 1 is 1.24 bits per heavy atom. The SMILES string of the molecule is C=C1C[C@H]2CN(C(=O)O)c3cc(OCc4ccccc4)c(OC)cc3C(=O)N2C1. The Hall–Kier alpha value is -3.48. The van der Waals surface area contributed by atoms with Gasteiger partial charge in [0, 0.05) is 12.6 Å². The molecular weight excluding hydrogens is 372 g/mol. The van der Waals surface area contributed by atoms with Crippen molar-refractivity contribution in [2.75, 3.05) is 25.1 Å². The minimum atomic E-state index is -1.11. The number of hydrogen-bond donors (Lipinski definition) is 1. The summed E-state index contributed by atoms with van der Waals surface area (Å²) in [7, 11) is 1.49. The fourth-order valence-electron chi connectivity index (χ4n) is 3.88. The highest BCUT2D eigenvalue weighted by molar-refractivity contribution is 6.05. The number of carboxylic acid groups (broad SMARTS) is 1. The molecule has 2 heterocycles. The molecule has 2 aliphatic heterocycles. The number of anilines is 1. The van der Waals surface area contributed by atoms with Gasteiger partial charge in [0.25, 0.3) is 5.91 Å². The van der Waals surface area contributed by atoms with E-state index in [-0.39, 0.29) is 24.1 Å². The average Bonchev–Trinajstić information content (AvgIpc) is 3.05. The molecule has 29 heavy (non-hydrogen) atoms. The Labute approximate surface area is 168 Å². The van der Waals surface area contributed by atoms with Crippen LogP contribution < -0.4 is 14.4 Å². The number of rotatable bonds is 4. The van der Waals surface area contributed by atoms with E-state index in [4.69, 9.17) is 9.47 Å². The molecule has 4 rings (SSSR count). The van der Waals surface area contributed by atoms with E-state index < -0.39 is 6.09 Å². The van der Waals surface area contributed by atoms with Gasteiger partial charge in [0.15, 0.2) is 11.5 Å². The van der Waals surface area contributed by atoms with Crippen LogP contribution in [0.15, 0.2) is 54.6 Å². The van der Waals surface area contributed by atoms with E-state index in [9.17, 15) is 14.7 Å². The Kier molecular flexibility index (Phi) is 4.88. The maximum absolute atomic E-state index is 13.2. The maximum atomic E-state index is 13.2. The fourth-order valence-corrected chi connectivity index (χ4v) is 3.88. The van der Waals surface area contributed by atoms with Gasteiger partial charge in [-0.25, -0.2) is 4.79 Å². The van der Waals surface area contributed by atoms with Gasteiger partial charge in [0.2, 0.25) is 0 Å². The van der Waals surface area contributed by atoms with Crippen LogP contribution in [0.5, 0.6) is 11.5 Å². The summed E-state index contributed by atoms with van der Waals surface area (Å²) in [5.74, 6) is 0.552. The first-order valence-corrected chi connectivity index (χ1v) is 9.34. The molecule has 0 saturated carbocycles. The number of benzene rings is 2. The van der Waals surface area contributed by atoms with Crippen LogP contribution in [0.1, 0.15) is 22.3 Å². The molecule has 2 aromatic carbocycles. The molecule has 7 heteroatoms. The Morgan fingerprint density at radius 2 is 2.00 bits per heavy atom. The molecule has 0 aliphatic carbocycles. The topological polar surface area (TPSA) is 79.3 Å². The van der Waals surface area contributed by atoms with E-state index in [0.717, 1.165) is 11.1 Å². The summed E-state index contributed by atoms with van der Waals surface area (Å²) in [6.45, 7) is 4.89. The lowest BCUT2D eigenvalue weighted by molar-refractivity contribution is 0.0750. The van der Waals surface area contributed by atoms with Crippen LogP contribution in [0, 0.1) is 0 Å². The number of hydrogen-bond acceptors (Lipinski definition) is 4. The lowest BCUT2D eigenvalue weighted by atomic mass is 10.1. The molecular formula is C22H22N2O5. The van der Waals surface area contributed by atoms with Gasteiger partial charge in [-0.3, -0.25) is 9.69 Å². The van der Waals surface area contributed by atoms with Gasteiger partial charge in [0.05, 0.1) is 30.9 Å². The van der Waals surface area contributed by atoms with Crippen LogP contribution in [0.25, 0.3) is 0 Å². The lowest BCUT2D eigenvalue weighted by Crippen LogP contribution is -2.41. The number of fused-ring (bicyclic) bond motifs is 2. The largest absolute Gasteiger partial charge is 0.493 e. The van der Waals surface area contributed by atoms with Gasteiger partial charge in [-0.05, 0) is 18.1 Å². The molecule has 2 aromatic rings. The number of nitrogens with zero attached hydrogens (tertiary/aromatic N) is 2. The normalized spacial score (nSPS) is 18.2. The van der Waals surface area contributed by atoms with E-state index in [1.165, 1.54) is 12.0 Å². The van der Waals surface area contributed by atoms with Crippen molar-refractivity contribution in [2.24, 2.45) is 0 Å². The Morgan fingerprint density at radius 3 is 2.69 bits per heavy atom. The maximum Gasteiger partial charge on any atom is 0.411 e. The molecule has 0 unspecified atom stereocenters. The van der Waals surface area contributed by atoms with Crippen LogP contribution >= 0.6 is 0 Å². The van der Waals surface area contributed by atoms with Crippen LogP contribution in [-0.2, 0) is 6.61 Å². The zero-order chi connectivity index (χ0) is 20.5. The first-order chi connectivity index (χ1) is 14.0. The second-order valence-corrected chi connectivity index (χ2v) is 7.23. The van der Waals surface area contributed by atoms with E-state index in [2.05, 4.69) is 6.58 Å². The monoisotopic (exact) mass is 394 g/mol. The summed E-state index contributed by atoms with van der Waals surface area (Å²) in [5.41, 5.74) is 2.49. The molecule has 1 saturated heterocycles. The highest BCUT2D eigenvalue weighted by Gasteiger charge is 2.40. The molecule has 0 radical (unpaired) electrons. The van der Waals surface area contributed by atoms with Crippen LogP contribution in [-0.4, -0.2) is 48.2 Å². The summed E-state index contributed by atoms with van der Waals surface area (Å²) < 4.78 is 11.3. The highest BCUT2D eigenvalue weighted by atomic mass is 16.5. The molecule has 0 bridgehead atoms. The second-order valence-electron chi connectivity index (χ2n) is 7.23. The molecule has 150 valence electrons. The number of amides is 2. The average molecular weight is 394 g/mol. The quantitative estimate of drug-likeness (QED) is 0.803. The molecule has 2 amide bonds. The smallest absolute Gasteiger partial charge is 0.411 e. The van der Waals surface area contributed by atoms with Crippen molar-refractivity contribution in [1.82, 2.24) is 4.90 Å². The van der Waals surface area contributed by atoms with Gasteiger partial charge >= 0.3 is 6.09 Å². The summed E-state index contributed by atoms with van der Waals surface area (Å²) in [6.07, 6.45) is -0.518. The number of carbonyl (C=O) groups excluding carboxylic acids is 1. The van der Waals surface area contributed by atoms with Crippen molar-refractivity contribution in [2.45, 2.75) is 19.1 Å². The zero-order valence-corrected chi connectivity index (χ0v) is 16.1.